The highest BCUT2D eigenvalue weighted by Crippen LogP contribution is 2.21. The van der Waals surface area contributed by atoms with Gasteiger partial charge in [0.1, 0.15) is 0 Å². The van der Waals surface area contributed by atoms with E-state index in [1.807, 2.05) is 84.9 Å². The second-order valence-corrected chi connectivity index (χ2v) is 6.63. The van der Waals surface area contributed by atoms with Crippen LogP contribution in [-0.2, 0) is 9.78 Å². The molecule has 0 heterocycles. The van der Waals surface area contributed by atoms with Gasteiger partial charge in [0.15, 0.2) is 0 Å². The SMILES string of the molecule is O=C(OOC(=O)c1ccc(-c2ccccc2)cc1)c1ccc(-c2ccccc2)cc1. The Balaban J connectivity index is 1.36. The average Bonchev–Trinajstić information content (AvgIpc) is 2.83. The minimum atomic E-state index is -0.733. The van der Waals surface area contributed by atoms with Crippen LogP contribution in [0.1, 0.15) is 20.7 Å². The average molecular weight is 394 g/mol. The first-order valence-electron chi connectivity index (χ1n) is 9.45. The number of carbonyl (C=O) groups is 2. The van der Waals surface area contributed by atoms with Crippen LogP contribution in [0.15, 0.2) is 109 Å². The lowest BCUT2D eigenvalue weighted by Crippen LogP contribution is -2.11. The van der Waals surface area contributed by atoms with Crippen LogP contribution in [0.5, 0.6) is 0 Å². The summed E-state index contributed by atoms with van der Waals surface area (Å²) < 4.78 is 0. The lowest BCUT2D eigenvalue weighted by atomic mass is 10.0. The van der Waals surface area contributed by atoms with Gasteiger partial charge in [-0.05, 0) is 46.5 Å². The van der Waals surface area contributed by atoms with Crippen molar-refractivity contribution in [3.8, 4) is 22.3 Å². The Labute approximate surface area is 174 Å². The Kier molecular flexibility index (Phi) is 5.67. The van der Waals surface area contributed by atoms with E-state index in [0.717, 1.165) is 22.3 Å². The maximum Gasteiger partial charge on any atom is 0.386 e. The van der Waals surface area contributed by atoms with Crippen molar-refractivity contribution >= 4 is 11.9 Å². The van der Waals surface area contributed by atoms with Crippen LogP contribution >= 0.6 is 0 Å². The molecule has 0 saturated heterocycles. The lowest BCUT2D eigenvalue weighted by Gasteiger charge is -2.06. The van der Waals surface area contributed by atoms with E-state index in [2.05, 4.69) is 0 Å². The van der Waals surface area contributed by atoms with Crippen LogP contribution < -0.4 is 0 Å². The third kappa shape index (κ3) is 4.45. The molecule has 4 aromatic rings. The van der Waals surface area contributed by atoms with Gasteiger partial charge < -0.3 is 0 Å². The minimum absolute atomic E-state index is 0.293. The molecule has 0 aliphatic heterocycles. The standard InChI is InChI=1S/C26H18O4/c27-25(23-15-11-21(12-16-23)19-7-3-1-4-8-19)29-30-26(28)24-17-13-22(14-18-24)20-9-5-2-6-10-20/h1-18H. The van der Waals surface area contributed by atoms with E-state index in [-0.39, 0.29) is 0 Å². The Bertz CT molecular complexity index is 1040. The molecule has 0 spiro atoms. The predicted molar refractivity (Wildman–Crippen MR) is 115 cm³/mol. The molecule has 0 aliphatic rings. The van der Waals surface area contributed by atoms with E-state index in [4.69, 9.17) is 9.78 Å². The molecule has 4 nitrogen and oxygen atoms in total. The van der Waals surface area contributed by atoms with Gasteiger partial charge in [0.05, 0.1) is 11.1 Å². The Morgan fingerprint density at radius 1 is 0.400 bits per heavy atom. The van der Waals surface area contributed by atoms with Crippen molar-refractivity contribution in [1.82, 2.24) is 0 Å². The summed E-state index contributed by atoms with van der Waals surface area (Å²) in [4.78, 5) is 33.8. The van der Waals surface area contributed by atoms with Crippen LogP contribution in [-0.4, -0.2) is 11.9 Å². The molecule has 4 rings (SSSR count). The maximum atomic E-state index is 12.2. The summed E-state index contributed by atoms with van der Waals surface area (Å²) in [5.41, 5.74) is 4.62. The van der Waals surface area contributed by atoms with E-state index in [1.54, 1.807) is 24.3 Å². The van der Waals surface area contributed by atoms with Crippen LogP contribution in [0, 0.1) is 0 Å². The van der Waals surface area contributed by atoms with Crippen molar-refractivity contribution < 1.29 is 19.4 Å². The Morgan fingerprint density at radius 2 is 0.700 bits per heavy atom. The molecule has 30 heavy (non-hydrogen) atoms. The van der Waals surface area contributed by atoms with Crippen molar-refractivity contribution in [2.45, 2.75) is 0 Å². The maximum absolute atomic E-state index is 12.2. The fourth-order valence-electron chi connectivity index (χ4n) is 3.03. The zero-order valence-electron chi connectivity index (χ0n) is 16.0. The van der Waals surface area contributed by atoms with Gasteiger partial charge >= 0.3 is 11.9 Å². The molecule has 0 N–H and O–H groups in total. The first-order valence-corrected chi connectivity index (χ1v) is 9.45. The number of rotatable bonds is 4. The third-order valence-electron chi connectivity index (χ3n) is 4.65. The zero-order valence-corrected chi connectivity index (χ0v) is 16.0. The second-order valence-electron chi connectivity index (χ2n) is 6.63. The van der Waals surface area contributed by atoms with E-state index < -0.39 is 11.9 Å². The monoisotopic (exact) mass is 394 g/mol. The van der Waals surface area contributed by atoms with Crippen molar-refractivity contribution in [1.29, 1.82) is 0 Å². The van der Waals surface area contributed by atoms with E-state index in [9.17, 15) is 9.59 Å². The molecule has 4 heteroatoms. The Hall–Kier alpha value is -4.18. The topological polar surface area (TPSA) is 52.6 Å². The quantitative estimate of drug-likeness (QED) is 0.317. The molecule has 0 unspecified atom stereocenters. The van der Waals surface area contributed by atoms with Crippen molar-refractivity contribution in [2.75, 3.05) is 0 Å². The second kappa shape index (κ2) is 8.88. The van der Waals surface area contributed by atoms with Gasteiger partial charge in [0.25, 0.3) is 0 Å². The molecule has 0 amide bonds. The summed E-state index contributed by atoms with van der Waals surface area (Å²) in [7, 11) is 0. The van der Waals surface area contributed by atoms with E-state index >= 15 is 0 Å². The predicted octanol–water partition coefficient (Wildman–Crippen LogP) is 5.95. The van der Waals surface area contributed by atoms with Gasteiger partial charge in [0, 0.05) is 0 Å². The van der Waals surface area contributed by atoms with E-state index in [0.29, 0.717) is 11.1 Å². The molecule has 4 aromatic carbocycles. The van der Waals surface area contributed by atoms with E-state index in [1.165, 1.54) is 0 Å². The fourth-order valence-corrected chi connectivity index (χ4v) is 3.03. The van der Waals surface area contributed by atoms with Crippen molar-refractivity contribution in [3.63, 3.8) is 0 Å². The number of hydrogen-bond donors (Lipinski definition) is 0. The van der Waals surface area contributed by atoms with Gasteiger partial charge in [-0.2, -0.15) is 0 Å². The van der Waals surface area contributed by atoms with Gasteiger partial charge in [-0.15, -0.1) is 0 Å². The molecule has 0 aliphatic carbocycles. The Morgan fingerprint density at radius 3 is 1.03 bits per heavy atom. The number of carbonyl (C=O) groups excluding carboxylic acids is 2. The molecular weight excluding hydrogens is 376 g/mol. The summed E-state index contributed by atoms with van der Waals surface area (Å²) in [6, 6.07) is 33.4. The smallest absolute Gasteiger partial charge is 0.242 e. The van der Waals surface area contributed by atoms with Gasteiger partial charge in [-0.3, -0.25) is 0 Å². The fraction of sp³-hybridized carbons (Fsp3) is 0. The summed E-state index contributed by atoms with van der Waals surface area (Å²) in [6.07, 6.45) is 0. The van der Waals surface area contributed by atoms with Gasteiger partial charge in [-0.25, -0.2) is 19.4 Å². The number of benzene rings is 4. The first kappa shape index (κ1) is 19.2. The largest absolute Gasteiger partial charge is 0.386 e. The third-order valence-corrected chi connectivity index (χ3v) is 4.65. The van der Waals surface area contributed by atoms with Gasteiger partial charge in [-0.1, -0.05) is 84.9 Å². The lowest BCUT2D eigenvalue weighted by molar-refractivity contribution is -0.187. The molecule has 0 radical (unpaired) electrons. The molecule has 0 fully saturated rings. The summed E-state index contributed by atoms with van der Waals surface area (Å²) in [5.74, 6) is -1.47. The van der Waals surface area contributed by atoms with Crippen molar-refractivity contribution in [3.05, 3.63) is 120 Å². The zero-order chi connectivity index (χ0) is 20.8. The van der Waals surface area contributed by atoms with Crippen LogP contribution in [0.3, 0.4) is 0 Å². The van der Waals surface area contributed by atoms with Crippen LogP contribution in [0.25, 0.3) is 22.3 Å². The summed E-state index contributed by atoms with van der Waals surface area (Å²) in [6.45, 7) is 0. The van der Waals surface area contributed by atoms with Crippen LogP contribution in [0.4, 0.5) is 0 Å². The highest BCUT2D eigenvalue weighted by atomic mass is 17.2. The normalized spacial score (nSPS) is 10.3. The summed E-state index contributed by atoms with van der Waals surface area (Å²) >= 11 is 0. The highest BCUT2D eigenvalue weighted by Gasteiger charge is 2.14. The number of hydrogen-bond acceptors (Lipinski definition) is 4. The summed E-state index contributed by atoms with van der Waals surface area (Å²) in [5, 5.41) is 0. The van der Waals surface area contributed by atoms with Crippen LogP contribution in [0.2, 0.25) is 0 Å². The molecule has 0 atom stereocenters. The molecular formula is C26H18O4. The molecule has 0 bridgehead atoms. The van der Waals surface area contributed by atoms with Gasteiger partial charge in [0.2, 0.25) is 0 Å². The minimum Gasteiger partial charge on any atom is -0.242 e. The molecule has 0 aromatic heterocycles. The molecule has 0 saturated carbocycles. The van der Waals surface area contributed by atoms with Crippen molar-refractivity contribution in [2.24, 2.45) is 0 Å². The highest BCUT2D eigenvalue weighted by molar-refractivity contribution is 5.93. The first-order chi connectivity index (χ1) is 14.7. The molecule has 146 valence electrons.